The van der Waals surface area contributed by atoms with Gasteiger partial charge in [0.2, 0.25) is 0 Å². The van der Waals surface area contributed by atoms with Gasteiger partial charge in [-0.3, -0.25) is 14.9 Å². The molecule has 19 heavy (non-hydrogen) atoms. The van der Waals surface area contributed by atoms with Crippen molar-refractivity contribution in [2.45, 2.75) is 0 Å². The smallest absolute Gasteiger partial charge is 0.288 e. The maximum atomic E-state index is 12.8. The fraction of sp³-hybridized carbons (Fsp3) is 0. The van der Waals surface area contributed by atoms with E-state index in [1.54, 1.807) is 0 Å². The molecule has 4 nitrogen and oxygen atoms in total. The third kappa shape index (κ3) is 2.77. The first-order valence-electron chi connectivity index (χ1n) is 5.23. The average molecular weight is 280 g/mol. The monoisotopic (exact) mass is 279 g/mol. The van der Waals surface area contributed by atoms with E-state index in [2.05, 4.69) is 0 Å². The van der Waals surface area contributed by atoms with Crippen molar-refractivity contribution < 1.29 is 14.1 Å². The molecule has 96 valence electrons. The van der Waals surface area contributed by atoms with Crippen LogP contribution >= 0.6 is 11.6 Å². The van der Waals surface area contributed by atoms with Gasteiger partial charge in [0.1, 0.15) is 10.8 Å². The van der Waals surface area contributed by atoms with Crippen LogP contribution in [0.4, 0.5) is 10.1 Å². The molecular formula is C13H7ClFNO3. The summed E-state index contributed by atoms with van der Waals surface area (Å²) in [5, 5.41) is 10.7. The Morgan fingerprint density at radius 3 is 2.26 bits per heavy atom. The van der Waals surface area contributed by atoms with Crippen LogP contribution in [0.1, 0.15) is 15.9 Å². The van der Waals surface area contributed by atoms with E-state index < -0.39 is 16.5 Å². The quantitative estimate of drug-likeness (QED) is 0.490. The van der Waals surface area contributed by atoms with E-state index in [9.17, 15) is 19.3 Å². The molecule has 0 bridgehead atoms. The van der Waals surface area contributed by atoms with E-state index in [1.807, 2.05) is 0 Å². The molecule has 0 saturated carbocycles. The maximum Gasteiger partial charge on any atom is 0.288 e. The summed E-state index contributed by atoms with van der Waals surface area (Å²) in [7, 11) is 0. The third-order valence-corrected chi connectivity index (χ3v) is 2.83. The summed E-state index contributed by atoms with van der Waals surface area (Å²) in [4.78, 5) is 22.1. The van der Waals surface area contributed by atoms with Crippen molar-refractivity contribution in [3.05, 3.63) is 74.5 Å². The van der Waals surface area contributed by atoms with E-state index in [-0.39, 0.29) is 21.8 Å². The lowest BCUT2D eigenvalue weighted by atomic mass is 10.0. The van der Waals surface area contributed by atoms with Crippen LogP contribution in [0.5, 0.6) is 0 Å². The normalized spacial score (nSPS) is 10.2. The average Bonchev–Trinajstić information content (AvgIpc) is 2.39. The molecule has 0 atom stereocenters. The van der Waals surface area contributed by atoms with E-state index in [0.29, 0.717) is 0 Å². The molecule has 0 aliphatic carbocycles. The van der Waals surface area contributed by atoms with Gasteiger partial charge in [-0.25, -0.2) is 4.39 Å². The molecule has 2 aromatic rings. The Morgan fingerprint density at radius 1 is 1.11 bits per heavy atom. The molecule has 0 saturated heterocycles. The van der Waals surface area contributed by atoms with Crippen molar-refractivity contribution in [1.82, 2.24) is 0 Å². The molecule has 0 unspecified atom stereocenters. The number of hydrogen-bond acceptors (Lipinski definition) is 3. The predicted octanol–water partition coefficient (Wildman–Crippen LogP) is 3.62. The number of halogens is 2. The van der Waals surface area contributed by atoms with Crippen molar-refractivity contribution in [2.24, 2.45) is 0 Å². The van der Waals surface area contributed by atoms with Crippen LogP contribution in [0.25, 0.3) is 0 Å². The van der Waals surface area contributed by atoms with Crippen molar-refractivity contribution in [1.29, 1.82) is 0 Å². The molecule has 2 aromatic carbocycles. The number of rotatable bonds is 3. The van der Waals surface area contributed by atoms with Gasteiger partial charge in [-0.1, -0.05) is 11.6 Å². The second kappa shape index (κ2) is 5.16. The summed E-state index contributed by atoms with van der Waals surface area (Å²) in [5.74, 6) is -0.890. The van der Waals surface area contributed by atoms with Crippen molar-refractivity contribution in [3.8, 4) is 0 Å². The molecule has 0 N–H and O–H groups in total. The van der Waals surface area contributed by atoms with Gasteiger partial charge in [-0.05, 0) is 36.4 Å². The third-order valence-electron chi connectivity index (χ3n) is 2.51. The van der Waals surface area contributed by atoms with Gasteiger partial charge in [0.05, 0.1) is 4.92 Å². The fourth-order valence-corrected chi connectivity index (χ4v) is 1.75. The minimum atomic E-state index is -0.663. The largest absolute Gasteiger partial charge is 0.289 e. The lowest BCUT2D eigenvalue weighted by Crippen LogP contribution is -2.02. The van der Waals surface area contributed by atoms with Gasteiger partial charge < -0.3 is 0 Å². The van der Waals surface area contributed by atoms with Gasteiger partial charge >= 0.3 is 0 Å². The van der Waals surface area contributed by atoms with E-state index in [1.165, 1.54) is 24.3 Å². The zero-order valence-electron chi connectivity index (χ0n) is 9.47. The van der Waals surface area contributed by atoms with Crippen LogP contribution in [-0.4, -0.2) is 10.7 Å². The van der Waals surface area contributed by atoms with Gasteiger partial charge in [0.25, 0.3) is 5.69 Å². The second-order valence-corrected chi connectivity index (χ2v) is 4.17. The molecule has 0 amide bonds. The van der Waals surface area contributed by atoms with Crippen LogP contribution in [0.3, 0.4) is 0 Å². The van der Waals surface area contributed by atoms with Gasteiger partial charge in [0.15, 0.2) is 5.78 Å². The first-order valence-corrected chi connectivity index (χ1v) is 5.61. The SMILES string of the molecule is O=C(c1ccc(F)cc1)c1ccc(Cl)c([N+](=O)[O-])c1. The van der Waals surface area contributed by atoms with Crippen LogP contribution in [-0.2, 0) is 0 Å². The van der Waals surface area contributed by atoms with E-state index in [4.69, 9.17) is 11.6 Å². The number of hydrogen-bond donors (Lipinski definition) is 0. The Hall–Kier alpha value is -2.27. The molecule has 2 rings (SSSR count). The molecule has 0 fully saturated rings. The lowest BCUT2D eigenvalue weighted by molar-refractivity contribution is -0.384. The first kappa shape index (κ1) is 13.2. The van der Waals surface area contributed by atoms with Gasteiger partial charge in [-0.2, -0.15) is 0 Å². The summed E-state index contributed by atoms with van der Waals surface area (Å²) >= 11 is 5.66. The maximum absolute atomic E-state index is 12.8. The van der Waals surface area contributed by atoms with Crippen LogP contribution in [0, 0.1) is 15.9 Å². The molecule has 0 spiro atoms. The summed E-state index contributed by atoms with van der Waals surface area (Å²) in [6.45, 7) is 0. The Bertz CT molecular complexity index is 655. The summed E-state index contributed by atoms with van der Waals surface area (Å²) < 4.78 is 12.8. The highest BCUT2D eigenvalue weighted by Crippen LogP contribution is 2.26. The highest BCUT2D eigenvalue weighted by atomic mass is 35.5. The highest BCUT2D eigenvalue weighted by Gasteiger charge is 2.17. The standard InChI is InChI=1S/C13H7ClFNO3/c14-11-6-3-9(7-12(11)16(18)19)13(17)8-1-4-10(15)5-2-8/h1-7H. The van der Waals surface area contributed by atoms with Gasteiger partial charge in [-0.15, -0.1) is 0 Å². The number of ketones is 1. The van der Waals surface area contributed by atoms with Crippen LogP contribution in [0.15, 0.2) is 42.5 Å². The highest BCUT2D eigenvalue weighted by molar-refractivity contribution is 6.32. The Morgan fingerprint density at radius 2 is 1.68 bits per heavy atom. The van der Waals surface area contributed by atoms with Gasteiger partial charge in [0, 0.05) is 17.2 Å². The number of benzene rings is 2. The summed E-state index contributed by atoms with van der Waals surface area (Å²) in [5.41, 5.74) is 0.0374. The molecule has 0 aliphatic heterocycles. The summed E-state index contributed by atoms with van der Waals surface area (Å²) in [6.07, 6.45) is 0. The Kier molecular flexibility index (Phi) is 3.57. The molecule has 6 heteroatoms. The fourth-order valence-electron chi connectivity index (χ4n) is 1.56. The van der Waals surface area contributed by atoms with Crippen LogP contribution in [0.2, 0.25) is 5.02 Å². The minimum absolute atomic E-state index is 0.0411. The van der Waals surface area contributed by atoms with Crippen LogP contribution < -0.4 is 0 Å². The van der Waals surface area contributed by atoms with Crippen molar-refractivity contribution >= 4 is 23.1 Å². The first-order chi connectivity index (χ1) is 8.99. The minimum Gasteiger partial charge on any atom is -0.289 e. The molecule has 0 aliphatic rings. The zero-order chi connectivity index (χ0) is 14.0. The predicted molar refractivity (Wildman–Crippen MR) is 67.9 cm³/mol. The number of nitro benzene ring substituents is 1. The lowest BCUT2D eigenvalue weighted by Gasteiger charge is -2.02. The molecule has 0 aromatic heterocycles. The molecule has 0 radical (unpaired) electrons. The van der Waals surface area contributed by atoms with E-state index in [0.717, 1.165) is 18.2 Å². The Labute approximate surface area is 112 Å². The molecule has 0 heterocycles. The van der Waals surface area contributed by atoms with Crippen molar-refractivity contribution in [2.75, 3.05) is 0 Å². The number of nitrogens with zero attached hydrogens (tertiary/aromatic N) is 1. The molecular weight excluding hydrogens is 273 g/mol. The zero-order valence-corrected chi connectivity index (χ0v) is 10.2. The number of nitro groups is 1. The summed E-state index contributed by atoms with van der Waals surface area (Å²) in [6, 6.07) is 8.72. The topological polar surface area (TPSA) is 60.2 Å². The number of carbonyl (C=O) groups excluding carboxylic acids is 1. The van der Waals surface area contributed by atoms with E-state index >= 15 is 0 Å². The Balaban J connectivity index is 2.42. The second-order valence-electron chi connectivity index (χ2n) is 3.76. The number of carbonyl (C=O) groups is 1. The van der Waals surface area contributed by atoms with Crippen molar-refractivity contribution in [3.63, 3.8) is 0 Å².